The second-order valence-electron chi connectivity index (χ2n) is 17.0. The molecule has 4 amide bonds. The normalized spacial score (nSPS) is 15.9. The molecule has 1 saturated heterocycles. The van der Waals surface area contributed by atoms with Crippen LogP contribution in [0.5, 0.6) is 0 Å². The number of halogens is 2. The minimum Gasteiger partial charge on any atom is -0.458 e. The van der Waals surface area contributed by atoms with E-state index in [9.17, 15) is 33.9 Å². The lowest BCUT2D eigenvalue weighted by Crippen LogP contribution is -2.60. The summed E-state index contributed by atoms with van der Waals surface area (Å²) in [5.74, 6) is -4.22. The molecule has 1 heterocycles. The van der Waals surface area contributed by atoms with Crippen molar-refractivity contribution in [2.75, 3.05) is 39.5 Å². The van der Waals surface area contributed by atoms with Crippen LogP contribution in [0.2, 0.25) is 10.0 Å². The molecule has 0 aliphatic carbocycles. The van der Waals surface area contributed by atoms with Crippen LogP contribution in [0, 0.1) is 11.8 Å². The van der Waals surface area contributed by atoms with E-state index in [4.69, 9.17) is 32.7 Å². The van der Waals surface area contributed by atoms with Crippen LogP contribution in [0.3, 0.4) is 0 Å². The van der Waals surface area contributed by atoms with Gasteiger partial charge >= 0.3 is 5.97 Å². The number of Topliss-reactive ketones (excluding diaryl/α,β-unsaturated/α-hetero) is 1. The van der Waals surface area contributed by atoms with Crippen LogP contribution in [0.15, 0.2) is 78.9 Å². The maximum Gasteiger partial charge on any atom is 0.341 e. The van der Waals surface area contributed by atoms with Crippen molar-refractivity contribution in [3.8, 4) is 0 Å². The van der Waals surface area contributed by atoms with E-state index in [-0.39, 0.29) is 65.6 Å². The molecule has 16 heteroatoms. The number of ketones is 1. The predicted molar refractivity (Wildman–Crippen MR) is 241 cm³/mol. The lowest BCUT2D eigenvalue weighted by molar-refractivity contribution is -0.144. The van der Waals surface area contributed by atoms with Crippen molar-refractivity contribution in [3.05, 3.63) is 106 Å². The van der Waals surface area contributed by atoms with Crippen molar-refractivity contribution in [3.63, 3.8) is 0 Å². The largest absolute Gasteiger partial charge is 0.458 e. The Morgan fingerprint density at radius 2 is 1.21 bits per heavy atom. The van der Waals surface area contributed by atoms with Gasteiger partial charge in [0.15, 0.2) is 11.4 Å². The first-order chi connectivity index (χ1) is 29.9. The molecule has 3 unspecified atom stereocenters. The van der Waals surface area contributed by atoms with Gasteiger partial charge in [-0.15, -0.1) is 0 Å². The second kappa shape index (κ2) is 24.8. The highest BCUT2D eigenvalue weighted by atomic mass is 35.5. The van der Waals surface area contributed by atoms with Gasteiger partial charge in [0.25, 0.3) is 0 Å². The minimum absolute atomic E-state index is 0.0211. The number of aliphatic hydroxyl groups is 1. The smallest absolute Gasteiger partial charge is 0.341 e. The Bertz CT molecular complexity index is 1970. The second-order valence-corrected chi connectivity index (χ2v) is 17.8. The molecule has 0 spiro atoms. The van der Waals surface area contributed by atoms with Crippen LogP contribution in [0.25, 0.3) is 0 Å². The molecule has 1 fully saturated rings. The van der Waals surface area contributed by atoms with Crippen LogP contribution in [-0.4, -0.2) is 115 Å². The van der Waals surface area contributed by atoms with Gasteiger partial charge in [-0.3, -0.25) is 28.9 Å². The molecule has 1 aliphatic rings. The molecule has 63 heavy (non-hydrogen) atoms. The summed E-state index contributed by atoms with van der Waals surface area (Å²) in [5, 5.41) is 22.8. The summed E-state index contributed by atoms with van der Waals surface area (Å²) in [6.07, 6.45) is 1.08. The highest BCUT2D eigenvalue weighted by Crippen LogP contribution is 2.26. The van der Waals surface area contributed by atoms with Crippen molar-refractivity contribution < 1.29 is 43.3 Å². The zero-order valence-electron chi connectivity index (χ0n) is 36.7. The molecule has 0 radical (unpaired) electrons. The molecule has 0 bridgehead atoms. The molecule has 4 rings (SSSR count). The number of aryl methyl sites for hydroxylation is 1. The van der Waals surface area contributed by atoms with Crippen molar-refractivity contribution in [2.24, 2.45) is 11.8 Å². The van der Waals surface area contributed by atoms with E-state index < -0.39 is 65.8 Å². The summed E-state index contributed by atoms with van der Waals surface area (Å²) < 4.78 is 10.7. The molecule has 0 saturated carbocycles. The monoisotopic (exact) mass is 909 g/mol. The molecule has 5 N–H and O–H groups in total. The number of carbonyl (C=O) groups excluding carboxylic acids is 6. The van der Waals surface area contributed by atoms with Crippen molar-refractivity contribution >= 4 is 58.6 Å². The number of hydrogen-bond donors (Lipinski definition) is 5. The lowest BCUT2D eigenvalue weighted by Gasteiger charge is -2.30. The molecule has 3 aromatic carbocycles. The van der Waals surface area contributed by atoms with Crippen LogP contribution >= 0.6 is 23.2 Å². The van der Waals surface area contributed by atoms with E-state index >= 15 is 0 Å². The molecular weight excluding hydrogens is 849 g/mol. The van der Waals surface area contributed by atoms with Crippen LogP contribution in [0.4, 0.5) is 0 Å². The number of nitrogens with one attached hydrogen (secondary N) is 4. The summed E-state index contributed by atoms with van der Waals surface area (Å²) in [5.41, 5.74) is -0.702. The minimum atomic E-state index is -2.25. The molecule has 1 aliphatic heterocycles. The SMILES string of the molecule is CC(C)CC(NC(=O)[C@H](CCc1ccccc1)NC(=O)CN1CCOCC1)C(=O)N[C@@H](Cc1ccccc1)C(=O)NC(CC(C)C)C(=O)C(C)(O)COC(=O)c1c(Cl)cccc1Cl. The average molecular weight is 911 g/mol. The van der Waals surface area contributed by atoms with E-state index in [1.165, 1.54) is 19.1 Å². The highest BCUT2D eigenvalue weighted by Gasteiger charge is 2.40. The average Bonchev–Trinajstić information content (AvgIpc) is 3.24. The molecule has 0 aromatic heterocycles. The zero-order chi connectivity index (χ0) is 46.1. The standard InChI is InChI=1S/C47H61Cl2N5O9/c1-30(2)25-37(42(56)47(5,61)29-63-46(60)41-34(48)17-12-18-35(41)49)51-45(59)39(27-33-15-10-7-11-16-33)53-44(58)38(26-31(3)4)52-43(57)36(20-19-32-13-8-6-9-14-32)50-40(55)28-54-21-23-62-24-22-54/h6-18,30-31,36-39,61H,19-29H2,1-5H3,(H,50,55)(H,51,59)(H,52,57)(H,53,58)/t36-,37?,38?,39-,47?/m0/s1. The fourth-order valence-corrected chi connectivity index (χ4v) is 7.68. The Kier molecular flexibility index (Phi) is 20.0. The third-order valence-corrected chi connectivity index (χ3v) is 11.1. The third-order valence-electron chi connectivity index (χ3n) is 10.5. The van der Waals surface area contributed by atoms with Gasteiger partial charge in [-0.1, -0.05) is 118 Å². The fourth-order valence-electron chi connectivity index (χ4n) is 7.13. The molecule has 342 valence electrons. The van der Waals surface area contributed by atoms with Gasteiger partial charge in [-0.2, -0.15) is 0 Å². The molecule has 5 atom stereocenters. The first kappa shape index (κ1) is 50.8. The van der Waals surface area contributed by atoms with Crippen molar-refractivity contribution in [1.29, 1.82) is 0 Å². The topological polar surface area (TPSA) is 192 Å². The van der Waals surface area contributed by atoms with E-state index in [0.717, 1.165) is 5.56 Å². The molecule has 3 aromatic rings. The predicted octanol–water partition coefficient (Wildman–Crippen LogP) is 4.71. The zero-order valence-corrected chi connectivity index (χ0v) is 38.2. The molecule has 14 nitrogen and oxygen atoms in total. The third kappa shape index (κ3) is 16.7. The Balaban J connectivity index is 1.54. The first-order valence-electron chi connectivity index (χ1n) is 21.4. The van der Waals surface area contributed by atoms with Gasteiger partial charge in [0, 0.05) is 19.5 Å². The Morgan fingerprint density at radius 1 is 0.698 bits per heavy atom. The maximum absolute atomic E-state index is 14.3. The van der Waals surface area contributed by atoms with Gasteiger partial charge in [0.1, 0.15) is 24.7 Å². The fraction of sp³-hybridized carbons (Fsp3) is 0.489. The van der Waals surface area contributed by atoms with Crippen LogP contribution < -0.4 is 21.3 Å². The summed E-state index contributed by atoms with van der Waals surface area (Å²) >= 11 is 12.3. The molecular formula is C47H61Cl2N5O9. The Morgan fingerprint density at radius 3 is 1.79 bits per heavy atom. The highest BCUT2D eigenvalue weighted by molar-refractivity contribution is 6.39. The quantitative estimate of drug-likeness (QED) is 0.0834. The summed E-state index contributed by atoms with van der Waals surface area (Å²) in [7, 11) is 0. The van der Waals surface area contributed by atoms with Crippen molar-refractivity contribution in [1.82, 2.24) is 26.2 Å². The number of esters is 1. The van der Waals surface area contributed by atoms with Gasteiger partial charge in [0.2, 0.25) is 23.6 Å². The Labute approximate surface area is 380 Å². The van der Waals surface area contributed by atoms with Gasteiger partial charge in [-0.05, 0) is 67.7 Å². The van der Waals surface area contributed by atoms with E-state index in [1.54, 1.807) is 30.3 Å². The van der Waals surface area contributed by atoms with E-state index in [0.29, 0.717) is 38.3 Å². The van der Waals surface area contributed by atoms with Crippen LogP contribution in [0.1, 0.15) is 75.4 Å². The van der Waals surface area contributed by atoms with Crippen molar-refractivity contribution in [2.45, 2.75) is 96.5 Å². The Hall–Kier alpha value is -4.86. The van der Waals surface area contributed by atoms with Gasteiger partial charge < -0.3 is 35.8 Å². The number of hydrogen-bond acceptors (Lipinski definition) is 10. The number of ether oxygens (including phenoxy) is 2. The number of nitrogens with zero attached hydrogens (tertiary/aromatic N) is 1. The van der Waals surface area contributed by atoms with Crippen LogP contribution in [-0.2, 0) is 46.3 Å². The number of morpholine rings is 1. The first-order valence-corrected chi connectivity index (χ1v) is 22.1. The summed E-state index contributed by atoms with van der Waals surface area (Å²) in [4.78, 5) is 84.8. The number of carbonyl (C=O) groups is 6. The number of benzene rings is 3. The maximum atomic E-state index is 14.3. The number of amides is 4. The summed E-state index contributed by atoms with van der Waals surface area (Å²) in [6, 6.07) is 18.4. The van der Waals surface area contributed by atoms with E-state index in [1.807, 2.05) is 69.0 Å². The summed E-state index contributed by atoms with van der Waals surface area (Å²) in [6.45, 7) is 10.1. The number of rotatable bonds is 23. The van der Waals surface area contributed by atoms with Gasteiger partial charge in [-0.25, -0.2) is 4.79 Å². The lowest BCUT2D eigenvalue weighted by atomic mass is 9.90. The van der Waals surface area contributed by atoms with Gasteiger partial charge in [0.05, 0.1) is 41.4 Å². The van der Waals surface area contributed by atoms with E-state index in [2.05, 4.69) is 21.3 Å².